The molecule has 8 nitrogen and oxygen atoms in total. The zero-order valence-electron chi connectivity index (χ0n) is 20.1. The van der Waals surface area contributed by atoms with Crippen molar-refractivity contribution in [2.24, 2.45) is 0 Å². The predicted molar refractivity (Wildman–Crippen MR) is 136 cm³/mol. The van der Waals surface area contributed by atoms with E-state index >= 15 is 0 Å². The van der Waals surface area contributed by atoms with Crippen LogP contribution in [-0.2, 0) is 16.4 Å². The smallest absolute Gasteiger partial charge is 0.253 e. The van der Waals surface area contributed by atoms with E-state index in [0.717, 1.165) is 28.3 Å². The maximum absolute atomic E-state index is 13.1. The Morgan fingerprint density at radius 2 is 1.68 bits per heavy atom. The summed E-state index contributed by atoms with van der Waals surface area (Å²) in [5, 5.41) is 1.08. The summed E-state index contributed by atoms with van der Waals surface area (Å²) in [7, 11) is -3.54. The lowest BCUT2D eigenvalue weighted by atomic mass is 10.1. The van der Waals surface area contributed by atoms with E-state index in [1.165, 1.54) is 21.3 Å². The maximum atomic E-state index is 13.1. The highest BCUT2D eigenvalue weighted by molar-refractivity contribution is 7.89. The van der Waals surface area contributed by atoms with E-state index in [2.05, 4.69) is 22.9 Å². The zero-order valence-corrected chi connectivity index (χ0v) is 21.7. The van der Waals surface area contributed by atoms with Gasteiger partial charge in [0.2, 0.25) is 10.0 Å². The van der Waals surface area contributed by atoms with Crippen LogP contribution < -0.4 is 4.90 Å². The van der Waals surface area contributed by atoms with Gasteiger partial charge in [0, 0.05) is 49.7 Å². The van der Waals surface area contributed by atoms with E-state index in [1.807, 2.05) is 25.7 Å². The van der Waals surface area contributed by atoms with Crippen LogP contribution in [-0.4, -0.2) is 72.8 Å². The lowest BCUT2D eigenvalue weighted by molar-refractivity contribution is 0.0746. The minimum atomic E-state index is -3.54. The van der Waals surface area contributed by atoms with Gasteiger partial charge in [0.25, 0.3) is 5.91 Å². The third-order valence-electron chi connectivity index (χ3n) is 6.19. The minimum absolute atomic E-state index is 0.0840. The standard InChI is InChI=1S/C24H31N5O3S2/c1-5-19-16-21-22(25-17(4)26-23(21)33-19)27-12-14-28(15-13-27)24(30)18-8-10-20(11-9-18)34(31,32)29(6-2)7-3/h8-11,16H,5-7,12-15H2,1-4H3. The second-order valence-electron chi connectivity index (χ2n) is 8.27. The molecular weight excluding hydrogens is 470 g/mol. The summed E-state index contributed by atoms with van der Waals surface area (Å²) in [6.07, 6.45) is 0.969. The number of fused-ring (bicyclic) bond motifs is 1. The molecule has 0 unspecified atom stereocenters. The molecule has 4 rings (SSSR count). The number of carbonyl (C=O) groups excluding carboxylic acids is 1. The van der Waals surface area contributed by atoms with Crippen molar-refractivity contribution in [3.05, 3.63) is 46.6 Å². The maximum Gasteiger partial charge on any atom is 0.253 e. The van der Waals surface area contributed by atoms with Crippen molar-refractivity contribution < 1.29 is 13.2 Å². The Morgan fingerprint density at radius 1 is 1.03 bits per heavy atom. The Hall–Kier alpha value is -2.56. The molecule has 0 N–H and O–H groups in total. The molecule has 10 heteroatoms. The quantitative estimate of drug-likeness (QED) is 0.492. The van der Waals surface area contributed by atoms with Gasteiger partial charge in [0.15, 0.2) is 0 Å². The third-order valence-corrected chi connectivity index (χ3v) is 9.43. The molecule has 34 heavy (non-hydrogen) atoms. The summed E-state index contributed by atoms with van der Waals surface area (Å²) in [6, 6.07) is 8.46. The summed E-state index contributed by atoms with van der Waals surface area (Å²) in [4.78, 5) is 29.0. The van der Waals surface area contributed by atoms with Crippen molar-refractivity contribution in [3.8, 4) is 0 Å². The Morgan fingerprint density at radius 3 is 2.26 bits per heavy atom. The highest BCUT2D eigenvalue weighted by atomic mass is 32.2. The molecular formula is C24H31N5O3S2. The van der Waals surface area contributed by atoms with E-state index < -0.39 is 10.0 Å². The fourth-order valence-electron chi connectivity index (χ4n) is 4.26. The van der Waals surface area contributed by atoms with Gasteiger partial charge in [-0.15, -0.1) is 11.3 Å². The van der Waals surface area contributed by atoms with Gasteiger partial charge in [0.05, 0.1) is 10.3 Å². The Balaban J connectivity index is 1.46. The first kappa shape index (κ1) is 24.6. The zero-order chi connectivity index (χ0) is 24.5. The molecule has 182 valence electrons. The van der Waals surface area contributed by atoms with E-state index in [9.17, 15) is 13.2 Å². The molecule has 1 fully saturated rings. The Labute approximate surface area is 205 Å². The average Bonchev–Trinajstić information content (AvgIpc) is 3.27. The van der Waals surface area contributed by atoms with Crippen LogP contribution in [0.1, 0.15) is 41.8 Å². The van der Waals surface area contributed by atoms with Crippen LogP contribution in [0.2, 0.25) is 0 Å². The normalized spacial score (nSPS) is 14.9. The van der Waals surface area contributed by atoms with Crippen molar-refractivity contribution in [1.82, 2.24) is 19.2 Å². The number of hydrogen-bond donors (Lipinski definition) is 0. The van der Waals surface area contributed by atoms with Crippen molar-refractivity contribution >= 4 is 43.3 Å². The van der Waals surface area contributed by atoms with Gasteiger partial charge < -0.3 is 9.80 Å². The Kier molecular flexibility index (Phi) is 7.20. The largest absolute Gasteiger partial charge is 0.352 e. The van der Waals surface area contributed by atoms with Gasteiger partial charge in [-0.3, -0.25) is 4.79 Å². The van der Waals surface area contributed by atoms with Crippen LogP contribution >= 0.6 is 11.3 Å². The average molecular weight is 502 g/mol. The molecule has 1 aliphatic heterocycles. The first-order valence-corrected chi connectivity index (χ1v) is 14.0. The summed E-state index contributed by atoms with van der Waals surface area (Å²) >= 11 is 1.71. The fourth-order valence-corrected chi connectivity index (χ4v) is 6.73. The lowest BCUT2D eigenvalue weighted by Gasteiger charge is -2.35. The molecule has 0 radical (unpaired) electrons. The molecule has 0 atom stereocenters. The fraction of sp³-hybridized carbons (Fsp3) is 0.458. The first-order chi connectivity index (χ1) is 16.3. The number of rotatable bonds is 7. The van der Waals surface area contributed by atoms with Crippen LogP contribution in [0, 0.1) is 6.92 Å². The molecule has 2 aromatic heterocycles. The van der Waals surface area contributed by atoms with Crippen LogP contribution in [0.5, 0.6) is 0 Å². The van der Waals surface area contributed by atoms with Crippen molar-refractivity contribution in [2.45, 2.75) is 39.0 Å². The molecule has 3 aromatic rings. The van der Waals surface area contributed by atoms with Crippen molar-refractivity contribution in [1.29, 1.82) is 0 Å². The summed E-state index contributed by atoms with van der Waals surface area (Å²) in [6.45, 7) is 11.0. The molecule has 0 aliphatic carbocycles. The number of nitrogens with zero attached hydrogens (tertiary/aromatic N) is 5. The highest BCUT2D eigenvalue weighted by Gasteiger charge is 2.26. The number of thiophene rings is 1. The van der Waals surface area contributed by atoms with Crippen LogP contribution in [0.15, 0.2) is 35.2 Å². The summed E-state index contributed by atoms with van der Waals surface area (Å²) < 4.78 is 26.8. The van der Waals surface area contributed by atoms with E-state index in [-0.39, 0.29) is 10.8 Å². The second-order valence-corrected chi connectivity index (χ2v) is 11.3. The number of carbonyl (C=O) groups is 1. The van der Waals surface area contributed by atoms with Gasteiger partial charge >= 0.3 is 0 Å². The Bertz CT molecular complexity index is 1280. The minimum Gasteiger partial charge on any atom is -0.352 e. The van der Waals surface area contributed by atoms with Gasteiger partial charge in [-0.1, -0.05) is 20.8 Å². The molecule has 1 aromatic carbocycles. The SMILES string of the molecule is CCc1cc2c(N3CCN(C(=O)c4ccc(S(=O)(=O)N(CC)CC)cc4)CC3)nc(C)nc2s1. The van der Waals surface area contributed by atoms with Crippen LogP contribution in [0.3, 0.4) is 0 Å². The van der Waals surface area contributed by atoms with Gasteiger partial charge in [-0.05, 0) is 43.7 Å². The van der Waals surface area contributed by atoms with Gasteiger partial charge in [-0.2, -0.15) is 4.31 Å². The van der Waals surface area contributed by atoms with E-state index in [1.54, 1.807) is 23.5 Å². The van der Waals surface area contributed by atoms with Crippen LogP contribution in [0.25, 0.3) is 10.2 Å². The number of sulfonamides is 1. The van der Waals surface area contributed by atoms with Crippen molar-refractivity contribution in [2.75, 3.05) is 44.2 Å². The molecule has 0 saturated carbocycles. The van der Waals surface area contributed by atoms with E-state index in [4.69, 9.17) is 4.98 Å². The summed E-state index contributed by atoms with van der Waals surface area (Å²) in [5.74, 6) is 1.61. The van der Waals surface area contributed by atoms with Gasteiger partial charge in [0.1, 0.15) is 16.5 Å². The number of aromatic nitrogens is 2. The topological polar surface area (TPSA) is 86.7 Å². The number of benzene rings is 1. The molecule has 1 aliphatic rings. The van der Waals surface area contributed by atoms with Crippen LogP contribution in [0.4, 0.5) is 5.82 Å². The molecule has 0 spiro atoms. The first-order valence-electron chi connectivity index (χ1n) is 11.7. The molecule has 1 saturated heterocycles. The molecule has 1 amide bonds. The molecule has 3 heterocycles. The number of piperazine rings is 1. The second kappa shape index (κ2) is 9.97. The van der Waals surface area contributed by atoms with Crippen molar-refractivity contribution in [3.63, 3.8) is 0 Å². The number of aryl methyl sites for hydroxylation is 2. The third kappa shape index (κ3) is 4.67. The number of hydrogen-bond acceptors (Lipinski definition) is 7. The number of amides is 1. The van der Waals surface area contributed by atoms with E-state index in [0.29, 0.717) is 44.8 Å². The highest BCUT2D eigenvalue weighted by Crippen LogP contribution is 2.32. The van der Waals surface area contributed by atoms with Gasteiger partial charge in [-0.25, -0.2) is 18.4 Å². The monoisotopic (exact) mass is 501 g/mol. The lowest BCUT2D eigenvalue weighted by Crippen LogP contribution is -2.49. The predicted octanol–water partition coefficient (Wildman–Crippen LogP) is 3.56. The number of anilines is 1. The molecule has 0 bridgehead atoms. The summed E-state index contributed by atoms with van der Waals surface area (Å²) in [5.41, 5.74) is 0.498.